The van der Waals surface area contributed by atoms with Crippen LogP contribution in [0.1, 0.15) is 18.4 Å². The highest BCUT2D eigenvalue weighted by molar-refractivity contribution is 5.73. The lowest BCUT2D eigenvalue weighted by Gasteiger charge is -2.21. The molecular formula is C14H20N2O2. The fraction of sp³-hybridized carbons (Fsp3) is 0.500. The number of benzene rings is 1. The van der Waals surface area contributed by atoms with Gasteiger partial charge in [-0.25, -0.2) is 4.79 Å². The van der Waals surface area contributed by atoms with E-state index in [1.807, 2.05) is 37.4 Å². The van der Waals surface area contributed by atoms with Crippen molar-refractivity contribution in [2.24, 2.45) is 0 Å². The van der Waals surface area contributed by atoms with E-state index < -0.39 is 0 Å². The first kappa shape index (κ1) is 12.9. The monoisotopic (exact) mass is 248 g/mol. The zero-order valence-corrected chi connectivity index (χ0v) is 10.8. The molecule has 1 aliphatic rings. The quantitative estimate of drug-likeness (QED) is 0.885. The van der Waals surface area contributed by atoms with E-state index in [-0.39, 0.29) is 12.1 Å². The first-order valence-corrected chi connectivity index (χ1v) is 6.40. The molecule has 1 saturated heterocycles. The lowest BCUT2D eigenvalue weighted by atomic mass is 10.2. The normalized spacial score (nSPS) is 18.6. The van der Waals surface area contributed by atoms with Crippen LogP contribution in [0.15, 0.2) is 30.3 Å². The number of ether oxygens (including phenoxy) is 1. The number of hydrogen-bond donors (Lipinski definition) is 1. The number of likely N-dealkylation sites (N-methyl/N-ethyl adjacent to an activating group) is 1. The maximum Gasteiger partial charge on any atom is 0.317 e. The molecule has 1 N–H and O–H groups in total. The Morgan fingerprint density at radius 3 is 2.89 bits per heavy atom. The summed E-state index contributed by atoms with van der Waals surface area (Å²) in [6.45, 7) is 2.06. The van der Waals surface area contributed by atoms with Gasteiger partial charge in [0, 0.05) is 26.7 Å². The van der Waals surface area contributed by atoms with Crippen LogP contribution in [0.4, 0.5) is 4.79 Å². The summed E-state index contributed by atoms with van der Waals surface area (Å²) in [5.41, 5.74) is 1.11. The molecule has 0 radical (unpaired) electrons. The molecule has 4 nitrogen and oxygen atoms in total. The molecule has 0 bridgehead atoms. The van der Waals surface area contributed by atoms with E-state index in [0.29, 0.717) is 13.1 Å². The molecule has 0 aliphatic carbocycles. The average Bonchev–Trinajstić information content (AvgIpc) is 2.90. The first-order chi connectivity index (χ1) is 8.75. The minimum atomic E-state index is -0.0469. The average molecular weight is 248 g/mol. The van der Waals surface area contributed by atoms with Crippen molar-refractivity contribution in [3.63, 3.8) is 0 Å². The Labute approximate surface area is 108 Å². The molecule has 1 atom stereocenters. The zero-order chi connectivity index (χ0) is 12.8. The van der Waals surface area contributed by atoms with Gasteiger partial charge >= 0.3 is 6.03 Å². The number of carbonyl (C=O) groups excluding carboxylic acids is 1. The highest BCUT2D eigenvalue weighted by atomic mass is 16.5. The van der Waals surface area contributed by atoms with E-state index >= 15 is 0 Å². The van der Waals surface area contributed by atoms with Crippen molar-refractivity contribution >= 4 is 6.03 Å². The minimum absolute atomic E-state index is 0.0469. The van der Waals surface area contributed by atoms with Gasteiger partial charge in [0.15, 0.2) is 0 Å². The number of rotatable bonds is 4. The van der Waals surface area contributed by atoms with Crippen molar-refractivity contribution in [3.05, 3.63) is 35.9 Å². The first-order valence-electron chi connectivity index (χ1n) is 6.40. The SMILES string of the molecule is CN(CC1CCCO1)C(=O)NCc1ccccc1. The van der Waals surface area contributed by atoms with E-state index in [1.165, 1.54) is 0 Å². The summed E-state index contributed by atoms with van der Waals surface area (Å²) in [5, 5.41) is 2.90. The predicted octanol–water partition coefficient (Wildman–Crippen LogP) is 2.01. The van der Waals surface area contributed by atoms with Crippen molar-refractivity contribution < 1.29 is 9.53 Å². The summed E-state index contributed by atoms with van der Waals surface area (Å²) in [6, 6.07) is 9.86. The van der Waals surface area contributed by atoms with Crippen molar-refractivity contribution in [3.8, 4) is 0 Å². The summed E-state index contributed by atoms with van der Waals surface area (Å²) in [7, 11) is 1.81. The Balaban J connectivity index is 1.73. The number of hydrogen-bond acceptors (Lipinski definition) is 2. The van der Waals surface area contributed by atoms with Crippen LogP contribution in [0.2, 0.25) is 0 Å². The standard InChI is InChI=1S/C14H20N2O2/c1-16(11-13-8-5-9-18-13)14(17)15-10-12-6-3-2-4-7-12/h2-4,6-7,13H,5,8-11H2,1H3,(H,15,17). The largest absolute Gasteiger partial charge is 0.376 e. The highest BCUT2D eigenvalue weighted by Gasteiger charge is 2.19. The Kier molecular flexibility index (Phi) is 4.59. The fourth-order valence-electron chi connectivity index (χ4n) is 2.09. The van der Waals surface area contributed by atoms with Crippen LogP contribution in [0.5, 0.6) is 0 Å². The number of nitrogens with one attached hydrogen (secondary N) is 1. The van der Waals surface area contributed by atoms with Crippen LogP contribution in [0.3, 0.4) is 0 Å². The van der Waals surface area contributed by atoms with Gasteiger partial charge in [0.2, 0.25) is 0 Å². The maximum atomic E-state index is 11.9. The second kappa shape index (κ2) is 6.40. The molecule has 1 heterocycles. The van der Waals surface area contributed by atoms with Gasteiger partial charge in [0.25, 0.3) is 0 Å². The number of nitrogens with zero attached hydrogens (tertiary/aromatic N) is 1. The Hall–Kier alpha value is -1.55. The summed E-state index contributed by atoms with van der Waals surface area (Å²) in [6.07, 6.45) is 2.36. The third kappa shape index (κ3) is 3.74. The van der Waals surface area contributed by atoms with Gasteiger partial charge in [-0.05, 0) is 18.4 Å². The van der Waals surface area contributed by atoms with Gasteiger partial charge in [-0.1, -0.05) is 30.3 Å². The molecule has 2 rings (SSSR count). The van der Waals surface area contributed by atoms with Crippen molar-refractivity contribution in [1.29, 1.82) is 0 Å². The van der Waals surface area contributed by atoms with Crippen LogP contribution >= 0.6 is 0 Å². The van der Waals surface area contributed by atoms with Crippen molar-refractivity contribution in [2.75, 3.05) is 20.2 Å². The minimum Gasteiger partial charge on any atom is -0.376 e. The van der Waals surface area contributed by atoms with Gasteiger partial charge in [-0.2, -0.15) is 0 Å². The van der Waals surface area contributed by atoms with Crippen LogP contribution in [-0.2, 0) is 11.3 Å². The molecule has 98 valence electrons. The molecular weight excluding hydrogens is 228 g/mol. The topological polar surface area (TPSA) is 41.6 Å². The summed E-state index contributed by atoms with van der Waals surface area (Å²) < 4.78 is 5.51. The maximum absolute atomic E-state index is 11.9. The van der Waals surface area contributed by atoms with Gasteiger partial charge in [-0.15, -0.1) is 0 Å². The molecule has 1 aromatic carbocycles. The number of amides is 2. The molecule has 2 amide bonds. The molecule has 1 aliphatic heterocycles. The second-order valence-corrected chi connectivity index (χ2v) is 4.66. The van der Waals surface area contributed by atoms with E-state index in [0.717, 1.165) is 25.0 Å². The third-order valence-corrected chi connectivity index (χ3v) is 3.13. The Bertz CT molecular complexity index is 375. The van der Waals surface area contributed by atoms with Gasteiger partial charge < -0.3 is 15.0 Å². The van der Waals surface area contributed by atoms with Gasteiger partial charge in [0.1, 0.15) is 0 Å². The van der Waals surface area contributed by atoms with E-state index in [4.69, 9.17) is 4.74 Å². The summed E-state index contributed by atoms with van der Waals surface area (Å²) >= 11 is 0. The van der Waals surface area contributed by atoms with E-state index in [2.05, 4.69) is 5.32 Å². The van der Waals surface area contributed by atoms with Gasteiger partial charge in [-0.3, -0.25) is 0 Å². The molecule has 1 unspecified atom stereocenters. The molecule has 1 fully saturated rings. The molecule has 4 heteroatoms. The summed E-state index contributed by atoms with van der Waals surface area (Å²) in [4.78, 5) is 13.6. The Morgan fingerprint density at radius 1 is 1.44 bits per heavy atom. The summed E-state index contributed by atoms with van der Waals surface area (Å²) in [5.74, 6) is 0. The second-order valence-electron chi connectivity index (χ2n) is 4.66. The lowest BCUT2D eigenvalue weighted by Crippen LogP contribution is -2.40. The van der Waals surface area contributed by atoms with Crippen LogP contribution < -0.4 is 5.32 Å². The van der Waals surface area contributed by atoms with Crippen molar-refractivity contribution in [2.45, 2.75) is 25.5 Å². The highest BCUT2D eigenvalue weighted by Crippen LogP contribution is 2.12. The van der Waals surface area contributed by atoms with E-state index in [1.54, 1.807) is 4.90 Å². The molecule has 1 aromatic rings. The molecule has 18 heavy (non-hydrogen) atoms. The van der Waals surface area contributed by atoms with Crippen LogP contribution in [0, 0.1) is 0 Å². The van der Waals surface area contributed by atoms with Gasteiger partial charge in [0.05, 0.1) is 6.10 Å². The molecule has 0 spiro atoms. The fourth-order valence-corrected chi connectivity index (χ4v) is 2.09. The number of carbonyl (C=O) groups is 1. The number of urea groups is 1. The zero-order valence-electron chi connectivity index (χ0n) is 10.8. The van der Waals surface area contributed by atoms with E-state index in [9.17, 15) is 4.79 Å². The Morgan fingerprint density at radius 2 is 2.22 bits per heavy atom. The van der Waals surface area contributed by atoms with Crippen LogP contribution in [0.25, 0.3) is 0 Å². The third-order valence-electron chi connectivity index (χ3n) is 3.13. The molecule has 0 aromatic heterocycles. The van der Waals surface area contributed by atoms with Crippen molar-refractivity contribution in [1.82, 2.24) is 10.2 Å². The van der Waals surface area contributed by atoms with Crippen LogP contribution in [-0.4, -0.2) is 37.2 Å². The molecule has 0 saturated carbocycles. The lowest BCUT2D eigenvalue weighted by molar-refractivity contribution is 0.0874. The predicted molar refractivity (Wildman–Crippen MR) is 70.3 cm³/mol. The smallest absolute Gasteiger partial charge is 0.317 e.